The van der Waals surface area contributed by atoms with Gasteiger partial charge >= 0.3 is 6.18 Å². The average molecular weight is 654 g/mol. The third-order valence-electron chi connectivity index (χ3n) is 6.88. The number of alkyl halides is 3. The van der Waals surface area contributed by atoms with E-state index in [2.05, 4.69) is 5.32 Å². The molecule has 0 aliphatic heterocycles. The van der Waals surface area contributed by atoms with Crippen LogP contribution in [0.5, 0.6) is 5.75 Å². The fourth-order valence-corrected chi connectivity index (χ4v) is 6.18. The van der Waals surface area contributed by atoms with Gasteiger partial charge in [-0.3, -0.25) is 13.9 Å². The van der Waals surface area contributed by atoms with Crippen LogP contribution in [0.2, 0.25) is 5.02 Å². The first-order valence-electron chi connectivity index (χ1n) is 14.0. The molecule has 3 rings (SSSR count). The highest BCUT2D eigenvalue weighted by atomic mass is 35.5. The van der Waals surface area contributed by atoms with E-state index < -0.39 is 51.9 Å². The smallest absolute Gasteiger partial charge is 0.416 e. The number of anilines is 1. The second-order valence-corrected chi connectivity index (χ2v) is 12.2. The van der Waals surface area contributed by atoms with Gasteiger partial charge in [-0.05, 0) is 60.9 Å². The second-order valence-electron chi connectivity index (χ2n) is 9.93. The Hall–Kier alpha value is -3.77. The number of hydrogen-bond acceptors (Lipinski definition) is 5. The van der Waals surface area contributed by atoms with Gasteiger partial charge in [-0.2, -0.15) is 13.2 Å². The van der Waals surface area contributed by atoms with Crippen molar-refractivity contribution in [3.05, 3.63) is 88.9 Å². The van der Waals surface area contributed by atoms with Crippen molar-refractivity contribution in [3.63, 3.8) is 0 Å². The largest absolute Gasteiger partial charge is 0.497 e. The van der Waals surface area contributed by atoms with Gasteiger partial charge in [0, 0.05) is 13.1 Å². The zero-order valence-electron chi connectivity index (χ0n) is 24.6. The van der Waals surface area contributed by atoms with Crippen LogP contribution in [0.1, 0.15) is 44.2 Å². The van der Waals surface area contributed by atoms with Crippen LogP contribution in [0.15, 0.2) is 77.7 Å². The number of ether oxygens (including phenoxy) is 1. The number of amides is 2. The van der Waals surface area contributed by atoms with Crippen molar-refractivity contribution >= 4 is 39.1 Å². The molecule has 1 unspecified atom stereocenters. The summed E-state index contributed by atoms with van der Waals surface area (Å²) >= 11 is 6.29. The van der Waals surface area contributed by atoms with E-state index in [9.17, 15) is 31.2 Å². The summed E-state index contributed by atoms with van der Waals surface area (Å²) < 4.78 is 74.7. The Morgan fingerprint density at radius 2 is 1.66 bits per heavy atom. The molecule has 0 saturated carbocycles. The Morgan fingerprint density at radius 1 is 1.00 bits per heavy atom. The van der Waals surface area contributed by atoms with Crippen LogP contribution in [0.25, 0.3) is 0 Å². The summed E-state index contributed by atoms with van der Waals surface area (Å²) in [5, 5.41) is 2.51. The molecule has 0 radical (unpaired) electrons. The highest BCUT2D eigenvalue weighted by Gasteiger charge is 2.37. The van der Waals surface area contributed by atoms with Gasteiger partial charge in [0.2, 0.25) is 11.8 Å². The number of rotatable bonds is 14. The Bertz CT molecular complexity index is 1520. The molecule has 238 valence electrons. The molecule has 0 aliphatic rings. The molecule has 0 heterocycles. The maximum atomic E-state index is 14.1. The zero-order valence-corrected chi connectivity index (χ0v) is 26.2. The van der Waals surface area contributed by atoms with Gasteiger partial charge in [0.05, 0.1) is 28.3 Å². The van der Waals surface area contributed by atoms with Crippen LogP contribution in [0, 0.1) is 0 Å². The number of carbonyl (C=O) groups is 2. The Kier molecular flexibility index (Phi) is 12.1. The molecule has 8 nitrogen and oxygen atoms in total. The van der Waals surface area contributed by atoms with Crippen LogP contribution in [-0.4, -0.2) is 51.4 Å². The van der Waals surface area contributed by atoms with Gasteiger partial charge in [0.25, 0.3) is 10.0 Å². The quantitative estimate of drug-likeness (QED) is 0.207. The van der Waals surface area contributed by atoms with Gasteiger partial charge in [0.15, 0.2) is 0 Å². The summed E-state index contributed by atoms with van der Waals surface area (Å²) in [5.41, 5.74) is -1.05. The zero-order chi connectivity index (χ0) is 32.5. The second kappa shape index (κ2) is 15.3. The molecule has 3 aromatic carbocycles. The predicted octanol–water partition coefficient (Wildman–Crippen LogP) is 6.29. The van der Waals surface area contributed by atoms with Crippen molar-refractivity contribution in [2.45, 2.75) is 56.8 Å². The van der Waals surface area contributed by atoms with Crippen LogP contribution in [-0.2, 0) is 32.3 Å². The number of methoxy groups -OCH3 is 1. The van der Waals surface area contributed by atoms with Crippen molar-refractivity contribution in [3.8, 4) is 5.75 Å². The van der Waals surface area contributed by atoms with Gasteiger partial charge in [-0.25, -0.2) is 8.42 Å². The molecule has 0 aromatic heterocycles. The number of nitrogens with zero attached hydrogens (tertiary/aromatic N) is 2. The van der Waals surface area contributed by atoms with Gasteiger partial charge in [-0.15, -0.1) is 0 Å². The third-order valence-corrected chi connectivity index (χ3v) is 8.97. The van der Waals surface area contributed by atoms with Crippen molar-refractivity contribution in [1.82, 2.24) is 10.2 Å². The monoisotopic (exact) mass is 653 g/mol. The van der Waals surface area contributed by atoms with E-state index in [0.717, 1.165) is 18.6 Å². The lowest BCUT2D eigenvalue weighted by atomic mass is 10.1. The van der Waals surface area contributed by atoms with Crippen LogP contribution < -0.4 is 14.4 Å². The fraction of sp³-hybridized carbons (Fsp3) is 0.355. The van der Waals surface area contributed by atoms with Gasteiger partial charge in [-0.1, -0.05) is 62.2 Å². The van der Waals surface area contributed by atoms with Crippen LogP contribution in [0.3, 0.4) is 0 Å². The summed E-state index contributed by atoms with van der Waals surface area (Å²) in [6.07, 6.45) is -3.08. The third kappa shape index (κ3) is 8.66. The number of benzene rings is 3. The van der Waals surface area contributed by atoms with E-state index in [4.69, 9.17) is 16.3 Å². The minimum atomic E-state index is -4.81. The predicted molar refractivity (Wildman–Crippen MR) is 163 cm³/mol. The van der Waals surface area contributed by atoms with E-state index in [-0.39, 0.29) is 22.9 Å². The van der Waals surface area contributed by atoms with E-state index in [1.807, 2.05) is 6.92 Å². The summed E-state index contributed by atoms with van der Waals surface area (Å²) in [5.74, 6) is -0.682. The van der Waals surface area contributed by atoms with Crippen LogP contribution in [0.4, 0.5) is 18.9 Å². The van der Waals surface area contributed by atoms with E-state index >= 15 is 0 Å². The lowest BCUT2D eigenvalue weighted by Gasteiger charge is -2.33. The Balaban J connectivity index is 2.12. The molecule has 13 heteroatoms. The molecule has 0 saturated heterocycles. The number of halogens is 4. The number of sulfonamides is 1. The molecule has 0 spiro atoms. The molecule has 2 amide bonds. The molecule has 44 heavy (non-hydrogen) atoms. The summed E-state index contributed by atoms with van der Waals surface area (Å²) in [7, 11) is -3.10. The molecule has 1 N–H and O–H groups in total. The molecule has 3 aromatic rings. The van der Waals surface area contributed by atoms with E-state index in [1.165, 1.54) is 36.3 Å². The highest BCUT2D eigenvalue weighted by Crippen LogP contribution is 2.37. The SMILES string of the molecule is CCCCNC(=O)C(CC)N(Cc1ccc(OC)cc1)C(=O)CN(c1cc(C(F)(F)F)ccc1Cl)S(=O)(=O)c1ccccc1. The van der Waals surface area contributed by atoms with E-state index in [0.29, 0.717) is 34.7 Å². The maximum Gasteiger partial charge on any atom is 0.416 e. The summed E-state index contributed by atoms with van der Waals surface area (Å²) in [4.78, 5) is 28.4. The first-order valence-corrected chi connectivity index (χ1v) is 15.8. The first kappa shape index (κ1) is 34.7. The number of hydrogen-bond donors (Lipinski definition) is 1. The van der Waals surface area contributed by atoms with Crippen molar-refractivity contribution in [1.29, 1.82) is 0 Å². The Labute approximate surface area is 260 Å². The van der Waals surface area contributed by atoms with Gasteiger partial charge < -0.3 is 15.0 Å². The normalized spacial score (nSPS) is 12.3. The minimum Gasteiger partial charge on any atom is -0.497 e. The Morgan fingerprint density at radius 3 is 2.23 bits per heavy atom. The number of nitrogens with one attached hydrogen (secondary N) is 1. The number of unbranched alkanes of at least 4 members (excludes halogenated alkanes) is 1. The van der Waals surface area contributed by atoms with E-state index in [1.54, 1.807) is 37.3 Å². The highest BCUT2D eigenvalue weighted by molar-refractivity contribution is 7.92. The lowest BCUT2D eigenvalue weighted by molar-refractivity contribution is -0.140. The van der Waals surface area contributed by atoms with Crippen molar-refractivity contribution in [2.24, 2.45) is 0 Å². The first-order chi connectivity index (χ1) is 20.8. The summed E-state index contributed by atoms with van der Waals surface area (Å²) in [6.45, 7) is 3.04. The van der Waals surface area contributed by atoms with Crippen LogP contribution >= 0.6 is 11.6 Å². The lowest BCUT2D eigenvalue weighted by Crippen LogP contribution is -2.52. The molecule has 0 aliphatic carbocycles. The number of carbonyl (C=O) groups excluding carboxylic acids is 2. The molecule has 0 fully saturated rings. The fourth-order valence-electron chi connectivity index (χ4n) is 4.47. The molecular formula is C31H35ClF3N3O5S. The average Bonchev–Trinajstić information content (AvgIpc) is 3.00. The topological polar surface area (TPSA) is 96.0 Å². The van der Waals surface area contributed by atoms with Crippen molar-refractivity contribution < 1.29 is 35.9 Å². The minimum absolute atomic E-state index is 0.0852. The van der Waals surface area contributed by atoms with Gasteiger partial charge in [0.1, 0.15) is 18.3 Å². The molecule has 1 atom stereocenters. The van der Waals surface area contributed by atoms with Crippen molar-refractivity contribution in [2.75, 3.05) is 24.5 Å². The maximum absolute atomic E-state index is 14.1. The molecular weight excluding hydrogens is 619 g/mol. The standard InChI is InChI=1S/C31H35ClF3N3O5S/c1-4-6-18-36-30(40)27(5-2)37(20-22-12-15-24(43-3)16-13-22)29(39)21-38(44(41,42)25-10-8-7-9-11-25)28-19-23(31(33,34)35)14-17-26(28)32/h7-17,19,27H,4-6,18,20-21H2,1-3H3,(H,36,40). The summed E-state index contributed by atoms with van der Waals surface area (Å²) in [6, 6.07) is 15.0. The molecule has 0 bridgehead atoms.